The zero-order valence-corrected chi connectivity index (χ0v) is 14.8. The first-order valence-corrected chi connectivity index (χ1v) is 8.98. The van der Waals surface area contributed by atoms with Crippen molar-refractivity contribution in [1.82, 2.24) is 0 Å². The van der Waals surface area contributed by atoms with Gasteiger partial charge < -0.3 is 9.84 Å². The maximum atomic E-state index is 12.1. The van der Waals surface area contributed by atoms with Gasteiger partial charge >= 0.3 is 5.97 Å². The first-order chi connectivity index (χ1) is 11.5. The van der Waals surface area contributed by atoms with Gasteiger partial charge in [-0.2, -0.15) is 0 Å². The molecule has 5 nitrogen and oxygen atoms in total. The van der Waals surface area contributed by atoms with E-state index < -0.39 is 6.10 Å². The summed E-state index contributed by atoms with van der Waals surface area (Å²) in [7, 11) is 1.36. The van der Waals surface area contributed by atoms with Crippen LogP contribution in [0.25, 0.3) is 0 Å². The Hall–Kier alpha value is -1.49. The number of methoxy groups -OCH3 is 1. The van der Waals surface area contributed by atoms with E-state index >= 15 is 0 Å². The van der Waals surface area contributed by atoms with Crippen molar-refractivity contribution in [1.29, 1.82) is 0 Å². The second-order valence-electron chi connectivity index (χ2n) is 6.53. The van der Waals surface area contributed by atoms with Gasteiger partial charge in [-0.3, -0.25) is 14.4 Å². The van der Waals surface area contributed by atoms with Crippen LogP contribution in [0.5, 0.6) is 0 Å². The highest BCUT2D eigenvalue weighted by Gasteiger charge is 2.39. The van der Waals surface area contributed by atoms with Crippen molar-refractivity contribution >= 4 is 17.5 Å². The second kappa shape index (κ2) is 11.1. The van der Waals surface area contributed by atoms with Crippen molar-refractivity contribution in [3.05, 3.63) is 12.2 Å². The zero-order chi connectivity index (χ0) is 17.9. The maximum Gasteiger partial charge on any atom is 0.305 e. The fourth-order valence-corrected chi connectivity index (χ4v) is 3.18. The van der Waals surface area contributed by atoms with E-state index in [0.29, 0.717) is 25.7 Å². The molecular formula is C19H30O5. The number of carbonyl (C=O) groups excluding carboxylic acids is 3. The number of unbranched alkanes of at least 4 members (excludes halogenated alkanes) is 3. The van der Waals surface area contributed by atoms with Gasteiger partial charge in [-0.1, -0.05) is 32.3 Å². The monoisotopic (exact) mass is 338 g/mol. The molecule has 0 aliphatic heterocycles. The van der Waals surface area contributed by atoms with Crippen LogP contribution in [0.3, 0.4) is 0 Å². The highest BCUT2D eigenvalue weighted by molar-refractivity contribution is 5.90. The summed E-state index contributed by atoms with van der Waals surface area (Å²) >= 11 is 0. The van der Waals surface area contributed by atoms with E-state index in [1.165, 1.54) is 13.2 Å². The largest absolute Gasteiger partial charge is 0.469 e. The van der Waals surface area contributed by atoms with E-state index in [9.17, 15) is 19.5 Å². The number of hydrogen-bond donors (Lipinski definition) is 1. The third-order valence-electron chi connectivity index (χ3n) is 4.64. The van der Waals surface area contributed by atoms with Gasteiger partial charge in [-0.15, -0.1) is 0 Å². The highest BCUT2D eigenvalue weighted by Crippen LogP contribution is 2.34. The molecule has 1 aliphatic carbocycles. The number of esters is 1. The van der Waals surface area contributed by atoms with Crippen LogP contribution in [0.1, 0.15) is 64.7 Å². The number of carbonyl (C=O) groups is 3. The summed E-state index contributed by atoms with van der Waals surface area (Å²) in [5, 5.41) is 10.1. The number of Topliss-reactive ketones (excluding diaryl/α,β-unsaturated/α-hetero) is 1. The normalized spacial score (nSPS) is 23.8. The van der Waals surface area contributed by atoms with Gasteiger partial charge in [0.25, 0.3) is 0 Å². The summed E-state index contributed by atoms with van der Waals surface area (Å²) in [5.41, 5.74) is 0. The molecule has 0 unspecified atom stereocenters. The fourth-order valence-electron chi connectivity index (χ4n) is 3.18. The third-order valence-corrected chi connectivity index (χ3v) is 4.64. The predicted molar refractivity (Wildman–Crippen MR) is 91.4 cm³/mol. The fraction of sp³-hybridized carbons (Fsp3) is 0.737. The molecule has 3 atom stereocenters. The average Bonchev–Trinajstić information content (AvgIpc) is 2.82. The van der Waals surface area contributed by atoms with Crippen LogP contribution in [0, 0.1) is 11.8 Å². The lowest BCUT2D eigenvalue weighted by atomic mass is 9.88. The molecule has 0 bridgehead atoms. The number of rotatable bonds is 11. The van der Waals surface area contributed by atoms with Crippen LogP contribution in [-0.2, 0) is 19.1 Å². The number of aliphatic hydroxyl groups excluding tert-OH is 1. The van der Waals surface area contributed by atoms with Crippen LogP contribution in [0.15, 0.2) is 12.2 Å². The van der Waals surface area contributed by atoms with Crippen LogP contribution in [0.2, 0.25) is 0 Å². The average molecular weight is 338 g/mol. The Morgan fingerprint density at radius 2 is 1.92 bits per heavy atom. The van der Waals surface area contributed by atoms with E-state index in [1.807, 2.05) is 0 Å². The Bertz CT molecular complexity index is 455. The number of ketones is 2. The Kier molecular flexibility index (Phi) is 9.53. The van der Waals surface area contributed by atoms with Gasteiger partial charge in [-0.05, 0) is 25.3 Å². The summed E-state index contributed by atoms with van der Waals surface area (Å²) in [6, 6.07) is 0. The Morgan fingerprint density at radius 1 is 1.21 bits per heavy atom. The van der Waals surface area contributed by atoms with Crippen molar-refractivity contribution in [2.24, 2.45) is 11.8 Å². The van der Waals surface area contributed by atoms with Crippen molar-refractivity contribution in [3.63, 3.8) is 0 Å². The molecule has 0 aromatic heterocycles. The van der Waals surface area contributed by atoms with Crippen molar-refractivity contribution in [2.45, 2.75) is 70.8 Å². The molecule has 0 spiro atoms. The molecule has 0 radical (unpaired) electrons. The van der Waals surface area contributed by atoms with Crippen LogP contribution >= 0.6 is 0 Å². The quantitative estimate of drug-likeness (QED) is 0.356. The van der Waals surface area contributed by atoms with Crippen LogP contribution in [-0.4, -0.2) is 35.9 Å². The van der Waals surface area contributed by atoms with Gasteiger partial charge in [0.1, 0.15) is 5.78 Å². The predicted octanol–water partition coefficient (Wildman–Crippen LogP) is 2.99. The SMILES string of the molecule is CCCCCC(=O)/C=C/[C@H]1[C@H](O)CC(=O)[C@H]1CCCCC(=O)OC. The minimum atomic E-state index is -0.706. The molecule has 136 valence electrons. The first kappa shape index (κ1) is 20.6. The summed E-state index contributed by atoms with van der Waals surface area (Å²) in [6.07, 6.45) is 8.57. The molecule has 0 amide bonds. The molecule has 1 aliphatic rings. The smallest absolute Gasteiger partial charge is 0.305 e. The Morgan fingerprint density at radius 3 is 2.58 bits per heavy atom. The molecule has 5 heteroatoms. The first-order valence-electron chi connectivity index (χ1n) is 8.98. The van der Waals surface area contributed by atoms with Crippen LogP contribution < -0.4 is 0 Å². The summed E-state index contributed by atoms with van der Waals surface area (Å²) in [6.45, 7) is 2.09. The van der Waals surface area contributed by atoms with E-state index in [0.717, 1.165) is 25.7 Å². The number of hydrogen-bond acceptors (Lipinski definition) is 5. The number of ether oxygens (including phenoxy) is 1. The molecule has 1 rings (SSSR count). The van der Waals surface area contributed by atoms with Crippen LogP contribution in [0.4, 0.5) is 0 Å². The van der Waals surface area contributed by atoms with E-state index in [4.69, 9.17) is 0 Å². The van der Waals surface area contributed by atoms with Gasteiger partial charge in [0.05, 0.1) is 13.2 Å². The molecule has 0 heterocycles. The van der Waals surface area contributed by atoms with Gasteiger partial charge in [0.2, 0.25) is 0 Å². The van der Waals surface area contributed by atoms with Gasteiger partial charge in [0, 0.05) is 31.1 Å². The lowest BCUT2D eigenvalue weighted by Crippen LogP contribution is -2.19. The molecule has 0 saturated heterocycles. The molecule has 0 aromatic rings. The molecule has 1 fully saturated rings. The topological polar surface area (TPSA) is 80.7 Å². The second-order valence-corrected chi connectivity index (χ2v) is 6.53. The Balaban J connectivity index is 2.48. The van der Waals surface area contributed by atoms with E-state index in [-0.39, 0.29) is 35.8 Å². The molecule has 0 aromatic carbocycles. The standard InChI is InChI=1S/C19H30O5/c1-3-4-5-8-14(20)11-12-16-15(17(21)13-18(16)22)9-6-7-10-19(23)24-2/h11-12,15-16,18,22H,3-10,13H2,1-2H3/b12-11+/t15-,16+,18+/m0/s1. The van der Waals surface area contributed by atoms with Gasteiger partial charge in [-0.25, -0.2) is 0 Å². The number of allylic oxidation sites excluding steroid dienone is 1. The zero-order valence-electron chi connectivity index (χ0n) is 14.8. The minimum Gasteiger partial charge on any atom is -0.469 e. The summed E-state index contributed by atoms with van der Waals surface area (Å²) in [4.78, 5) is 35.0. The summed E-state index contributed by atoms with van der Waals surface area (Å²) in [5.74, 6) is -0.682. The molecular weight excluding hydrogens is 308 g/mol. The maximum absolute atomic E-state index is 12.1. The van der Waals surface area contributed by atoms with Gasteiger partial charge in [0.15, 0.2) is 5.78 Å². The van der Waals surface area contributed by atoms with E-state index in [1.54, 1.807) is 6.08 Å². The molecule has 24 heavy (non-hydrogen) atoms. The van der Waals surface area contributed by atoms with Crippen molar-refractivity contribution in [2.75, 3.05) is 7.11 Å². The van der Waals surface area contributed by atoms with E-state index in [2.05, 4.69) is 11.7 Å². The lowest BCUT2D eigenvalue weighted by molar-refractivity contribution is -0.140. The summed E-state index contributed by atoms with van der Waals surface area (Å²) < 4.78 is 4.59. The molecule has 1 N–H and O–H groups in total. The lowest BCUT2D eigenvalue weighted by Gasteiger charge is -2.17. The Labute approximate surface area is 144 Å². The number of aliphatic hydroxyl groups is 1. The molecule has 1 saturated carbocycles. The highest BCUT2D eigenvalue weighted by atomic mass is 16.5. The van der Waals surface area contributed by atoms with Crippen molar-refractivity contribution in [3.8, 4) is 0 Å². The van der Waals surface area contributed by atoms with Crippen molar-refractivity contribution < 1.29 is 24.2 Å². The third kappa shape index (κ3) is 6.95. The minimum absolute atomic E-state index is 0.0497.